The highest BCUT2D eigenvalue weighted by molar-refractivity contribution is 7.88. The molecule has 116 valence electrons. The molecule has 0 aliphatic heterocycles. The van der Waals surface area contributed by atoms with Gasteiger partial charge in [-0.2, -0.15) is 21.6 Å². The van der Waals surface area contributed by atoms with Crippen LogP contribution in [0.4, 0.5) is 13.2 Å². The molecule has 0 saturated carbocycles. The first-order chi connectivity index (χ1) is 9.62. The third-order valence-electron chi connectivity index (χ3n) is 2.46. The molecule has 0 saturated heterocycles. The molecule has 1 rings (SSSR count). The Kier molecular flexibility index (Phi) is 5.41. The second-order valence-corrected chi connectivity index (χ2v) is 5.74. The minimum atomic E-state index is -5.82. The summed E-state index contributed by atoms with van der Waals surface area (Å²) in [7, 11) is -5.82. The first kappa shape index (κ1) is 17.5. The number of alkyl halides is 4. The highest BCUT2D eigenvalue weighted by Crippen LogP contribution is 2.30. The normalized spacial score (nSPS) is 13.1. The Labute approximate surface area is 124 Å². The summed E-state index contributed by atoms with van der Waals surface area (Å²) in [6.45, 7) is 1.68. The number of carbonyl (C=O) groups excluding carboxylic acids is 1. The first-order valence-corrected chi connectivity index (χ1v) is 7.39. The van der Waals surface area contributed by atoms with E-state index in [0.717, 1.165) is 6.07 Å². The Bertz CT molecular complexity index is 666. The van der Waals surface area contributed by atoms with Gasteiger partial charge < -0.3 is 4.18 Å². The van der Waals surface area contributed by atoms with E-state index in [9.17, 15) is 26.4 Å². The highest BCUT2D eigenvalue weighted by atomic mass is 35.5. The van der Waals surface area contributed by atoms with Crippen molar-refractivity contribution in [1.29, 1.82) is 0 Å². The number of hydrogen-bond acceptors (Lipinski definition) is 4. The predicted octanol–water partition coefficient (Wildman–Crippen LogP) is 3.37. The third-order valence-corrected chi connectivity index (χ3v) is 3.58. The van der Waals surface area contributed by atoms with Crippen molar-refractivity contribution in [2.24, 2.45) is 0 Å². The van der Waals surface area contributed by atoms with Crippen molar-refractivity contribution in [2.45, 2.75) is 12.4 Å². The summed E-state index contributed by atoms with van der Waals surface area (Å²) in [5.41, 5.74) is -4.70. The molecular weight excluding hydrogens is 333 g/mol. The van der Waals surface area contributed by atoms with Crippen LogP contribution in [0.25, 0.3) is 5.57 Å². The van der Waals surface area contributed by atoms with Crippen LogP contribution in [0.1, 0.15) is 22.8 Å². The standard InChI is InChI=1S/C12H10ClF3O4S/c1-8(4-5-13)9-2-3-11(10(6-9)7-17)20-21(18,19)12(14,15)16/h2-4,6-7H,5H2,1H3/b8-4+. The molecular formula is C12H10ClF3O4S. The molecule has 9 heteroatoms. The molecule has 0 aliphatic rings. The molecule has 0 unspecified atom stereocenters. The van der Waals surface area contributed by atoms with E-state index in [1.54, 1.807) is 13.0 Å². The van der Waals surface area contributed by atoms with E-state index in [1.807, 2.05) is 0 Å². The summed E-state index contributed by atoms with van der Waals surface area (Å²) in [6.07, 6.45) is 1.83. The van der Waals surface area contributed by atoms with Gasteiger partial charge >= 0.3 is 15.6 Å². The maximum Gasteiger partial charge on any atom is 0.534 e. The molecule has 0 fully saturated rings. The average molecular weight is 343 g/mol. The molecule has 0 atom stereocenters. The van der Waals surface area contributed by atoms with Crippen LogP contribution in [-0.4, -0.2) is 26.1 Å². The van der Waals surface area contributed by atoms with Gasteiger partial charge in [-0.1, -0.05) is 12.1 Å². The summed E-state index contributed by atoms with van der Waals surface area (Å²) < 4.78 is 62.5. The van der Waals surface area contributed by atoms with Gasteiger partial charge in [0.15, 0.2) is 12.0 Å². The minimum Gasteiger partial charge on any atom is -0.375 e. The van der Waals surface area contributed by atoms with Gasteiger partial charge in [0.05, 0.1) is 5.56 Å². The molecule has 1 aromatic rings. The molecule has 21 heavy (non-hydrogen) atoms. The van der Waals surface area contributed by atoms with E-state index < -0.39 is 21.4 Å². The molecule has 0 heterocycles. The van der Waals surface area contributed by atoms with E-state index in [-0.39, 0.29) is 17.7 Å². The van der Waals surface area contributed by atoms with Gasteiger partial charge in [-0.25, -0.2) is 0 Å². The van der Waals surface area contributed by atoms with Gasteiger partial charge in [0.2, 0.25) is 0 Å². The second-order valence-electron chi connectivity index (χ2n) is 3.90. The van der Waals surface area contributed by atoms with Crippen LogP contribution >= 0.6 is 11.6 Å². The zero-order chi connectivity index (χ0) is 16.3. The maximum atomic E-state index is 12.2. The molecule has 0 bridgehead atoms. The topological polar surface area (TPSA) is 60.4 Å². The number of carbonyl (C=O) groups is 1. The fourth-order valence-corrected chi connectivity index (χ4v) is 2.07. The smallest absolute Gasteiger partial charge is 0.375 e. The van der Waals surface area contributed by atoms with Gasteiger partial charge in [-0.15, -0.1) is 11.6 Å². The highest BCUT2D eigenvalue weighted by Gasteiger charge is 2.48. The van der Waals surface area contributed by atoms with Crippen molar-refractivity contribution < 1.29 is 30.6 Å². The number of aldehydes is 1. The third kappa shape index (κ3) is 4.21. The Hall–Kier alpha value is -1.54. The van der Waals surface area contributed by atoms with E-state index in [2.05, 4.69) is 4.18 Å². The van der Waals surface area contributed by atoms with Gasteiger partial charge in [0.1, 0.15) is 0 Å². The SMILES string of the molecule is C/C(=C\CCl)c1ccc(OS(=O)(=O)C(F)(F)F)c(C=O)c1. The fourth-order valence-electron chi connectivity index (χ4n) is 1.36. The lowest BCUT2D eigenvalue weighted by Crippen LogP contribution is -2.28. The Balaban J connectivity index is 3.23. The van der Waals surface area contributed by atoms with Crippen molar-refractivity contribution in [2.75, 3.05) is 5.88 Å². The number of hydrogen-bond donors (Lipinski definition) is 0. The van der Waals surface area contributed by atoms with Crippen LogP contribution < -0.4 is 4.18 Å². The number of allylic oxidation sites excluding steroid dienone is 2. The summed E-state index contributed by atoms with van der Waals surface area (Å²) in [5, 5.41) is 0. The largest absolute Gasteiger partial charge is 0.534 e. The summed E-state index contributed by atoms with van der Waals surface area (Å²) in [5.74, 6) is -0.479. The van der Waals surface area contributed by atoms with Crippen LogP contribution in [-0.2, 0) is 10.1 Å². The number of benzene rings is 1. The van der Waals surface area contributed by atoms with Gasteiger partial charge in [0, 0.05) is 5.88 Å². The molecule has 1 aromatic carbocycles. The fraction of sp³-hybridized carbons (Fsp3) is 0.250. The van der Waals surface area contributed by atoms with Crippen molar-refractivity contribution in [3.05, 3.63) is 35.4 Å². The Morgan fingerprint density at radius 1 is 1.38 bits per heavy atom. The second kappa shape index (κ2) is 6.48. The van der Waals surface area contributed by atoms with Crippen molar-refractivity contribution in [3.8, 4) is 5.75 Å². The quantitative estimate of drug-likeness (QED) is 0.356. The van der Waals surface area contributed by atoms with Crippen LogP contribution in [0.15, 0.2) is 24.3 Å². The lowest BCUT2D eigenvalue weighted by molar-refractivity contribution is -0.0500. The predicted molar refractivity (Wildman–Crippen MR) is 71.8 cm³/mol. The van der Waals surface area contributed by atoms with Crippen molar-refractivity contribution in [1.82, 2.24) is 0 Å². The lowest BCUT2D eigenvalue weighted by atomic mass is 10.0. The maximum absolute atomic E-state index is 12.2. The van der Waals surface area contributed by atoms with Crippen LogP contribution in [0, 0.1) is 0 Å². The van der Waals surface area contributed by atoms with Gasteiger partial charge in [0.25, 0.3) is 0 Å². The summed E-state index contributed by atoms with van der Waals surface area (Å²) in [4.78, 5) is 10.9. The Morgan fingerprint density at radius 3 is 2.48 bits per heavy atom. The first-order valence-electron chi connectivity index (χ1n) is 5.45. The number of halogens is 4. The lowest BCUT2D eigenvalue weighted by Gasteiger charge is -2.12. The van der Waals surface area contributed by atoms with Crippen molar-refractivity contribution >= 4 is 33.6 Å². The zero-order valence-electron chi connectivity index (χ0n) is 10.6. The van der Waals surface area contributed by atoms with Gasteiger partial charge in [-0.05, 0) is 30.2 Å². The summed E-state index contributed by atoms with van der Waals surface area (Å²) >= 11 is 5.51. The summed E-state index contributed by atoms with van der Waals surface area (Å²) in [6, 6.07) is 3.52. The molecule has 0 spiro atoms. The molecule has 0 radical (unpaired) electrons. The van der Waals surface area contributed by atoms with E-state index >= 15 is 0 Å². The van der Waals surface area contributed by atoms with E-state index in [0.29, 0.717) is 11.1 Å². The minimum absolute atomic E-state index is 0.207. The molecule has 0 amide bonds. The molecule has 0 aliphatic carbocycles. The van der Waals surface area contributed by atoms with E-state index in [1.165, 1.54) is 12.1 Å². The average Bonchev–Trinajstić information content (AvgIpc) is 2.37. The van der Waals surface area contributed by atoms with E-state index in [4.69, 9.17) is 11.6 Å². The van der Waals surface area contributed by atoms with Crippen LogP contribution in [0.5, 0.6) is 5.75 Å². The number of rotatable bonds is 5. The van der Waals surface area contributed by atoms with Crippen LogP contribution in [0.3, 0.4) is 0 Å². The van der Waals surface area contributed by atoms with Crippen molar-refractivity contribution in [3.63, 3.8) is 0 Å². The monoisotopic (exact) mass is 342 g/mol. The zero-order valence-corrected chi connectivity index (χ0v) is 12.2. The van der Waals surface area contributed by atoms with Gasteiger partial charge in [-0.3, -0.25) is 4.79 Å². The molecule has 0 N–H and O–H groups in total. The van der Waals surface area contributed by atoms with Crippen LogP contribution in [0.2, 0.25) is 0 Å². The molecule has 0 aromatic heterocycles. The Morgan fingerprint density at radius 2 is 2.00 bits per heavy atom. The molecule has 4 nitrogen and oxygen atoms in total.